The van der Waals surface area contributed by atoms with E-state index in [1.807, 2.05) is 0 Å². The summed E-state index contributed by atoms with van der Waals surface area (Å²) in [6, 6.07) is 6.48. The number of fused-ring (bicyclic) bond motifs is 1. The van der Waals surface area contributed by atoms with Crippen molar-refractivity contribution in [3.8, 4) is 11.8 Å². The number of rotatable bonds is 4. The standard InChI is InChI=1S/C19H25N3O5/c1-19(2)18(26)17(14-7-12(8-20)3-4-15(14)27-19)22-6-5-21(10-16(22)25)9-13(24)11-23/h3-4,7,13,17-18,23-24,26H,5-6,9-11H2,1-2H3/t13?,17-,18+/m1/s1. The molecule has 2 aliphatic heterocycles. The number of nitriles is 1. The van der Waals surface area contributed by atoms with E-state index >= 15 is 0 Å². The van der Waals surface area contributed by atoms with E-state index in [-0.39, 0.29) is 25.6 Å². The Bertz CT molecular complexity index is 760. The fourth-order valence-electron chi connectivity index (χ4n) is 3.72. The Balaban J connectivity index is 1.89. The summed E-state index contributed by atoms with van der Waals surface area (Å²) < 4.78 is 5.91. The summed E-state index contributed by atoms with van der Waals surface area (Å²) in [7, 11) is 0. The molecular formula is C19H25N3O5. The highest BCUT2D eigenvalue weighted by molar-refractivity contribution is 5.80. The molecular weight excluding hydrogens is 350 g/mol. The van der Waals surface area contributed by atoms with E-state index in [0.717, 1.165) is 0 Å². The van der Waals surface area contributed by atoms with Crippen LogP contribution in [0.25, 0.3) is 0 Å². The minimum absolute atomic E-state index is 0.0921. The number of amides is 1. The molecule has 3 atom stereocenters. The van der Waals surface area contributed by atoms with Gasteiger partial charge in [0, 0.05) is 25.2 Å². The van der Waals surface area contributed by atoms with Crippen molar-refractivity contribution >= 4 is 5.91 Å². The Kier molecular flexibility index (Phi) is 5.40. The molecule has 8 heteroatoms. The molecule has 1 aromatic rings. The number of benzene rings is 1. The van der Waals surface area contributed by atoms with E-state index in [4.69, 9.17) is 9.84 Å². The van der Waals surface area contributed by atoms with Crippen LogP contribution in [0.1, 0.15) is 31.0 Å². The lowest BCUT2D eigenvalue weighted by molar-refractivity contribution is -0.151. The zero-order valence-corrected chi connectivity index (χ0v) is 15.5. The molecule has 0 radical (unpaired) electrons. The molecule has 0 saturated carbocycles. The van der Waals surface area contributed by atoms with Gasteiger partial charge in [0.1, 0.15) is 17.5 Å². The average molecular weight is 375 g/mol. The van der Waals surface area contributed by atoms with Gasteiger partial charge in [-0.05, 0) is 32.0 Å². The van der Waals surface area contributed by atoms with Crippen molar-refractivity contribution in [3.05, 3.63) is 29.3 Å². The Morgan fingerprint density at radius 1 is 1.41 bits per heavy atom. The number of hydrogen-bond donors (Lipinski definition) is 3. The highest BCUT2D eigenvalue weighted by Crippen LogP contribution is 2.43. The molecule has 1 unspecified atom stereocenters. The third kappa shape index (κ3) is 3.77. The Morgan fingerprint density at radius 2 is 2.15 bits per heavy atom. The zero-order chi connectivity index (χ0) is 19.8. The minimum atomic E-state index is -0.961. The van der Waals surface area contributed by atoms with Crippen LogP contribution in [0, 0.1) is 11.3 Å². The van der Waals surface area contributed by atoms with E-state index < -0.39 is 23.9 Å². The summed E-state index contributed by atoms with van der Waals surface area (Å²) in [4.78, 5) is 16.2. The van der Waals surface area contributed by atoms with Gasteiger partial charge in [-0.25, -0.2) is 0 Å². The Hall–Kier alpha value is -2.18. The van der Waals surface area contributed by atoms with Crippen molar-refractivity contribution in [3.63, 3.8) is 0 Å². The number of carbonyl (C=O) groups is 1. The van der Waals surface area contributed by atoms with Crippen LogP contribution in [-0.2, 0) is 4.79 Å². The summed E-state index contributed by atoms with van der Waals surface area (Å²) >= 11 is 0. The van der Waals surface area contributed by atoms with Crippen molar-refractivity contribution in [1.29, 1.82) is 5.26 Å². The van der Waals surface area contributed by atoms with Crippen LogP contribution in [0.15, 0.2) is 18.2 Å². The summed E-state index contributed by atoms with van der Waals surface area (Å²) in [5.41, 5.74) is 0.167. The van der Waals surface area contributed by atoms with Crippen LogP contribution in [-0.4, -0.2) is 81.6 Å². The van der Waals surface area contributed by atoms with Crippen molar-refractivity contribution < 1.29 is 24.9 Å². The van der Waals surface area contributed by atoms with Gasteiger partial charge in [0.15, 0.2) is 0 Å². The zero-order valence-electron chi connectivity index (χ0n) is 15.5. The number of β-amino-alcohol motifs (C(OH)–C–C–N with tert-alkyl or cyclic N) is 1. The lowest BCUT2D eigenvalue weighted by Crippen LogP contribution is -2.59. The highest BCUT2D eigenvalue weighted by Gasteiger charge is 2.47. The van der Waals surface area contributed by atoms with Gasteiger partial charge in [-0.2, -0.15) is 5.26 Å². The third-order valence-electron chi connectivity index (χ3n) is 5.19. The maximum atomic E-state index is 12.8. The summed E-state index contributed by atoms with van der Waals surface area (Å²) in [6.45, 7) is 4.37. The quantitative estimate of drug-likeness (QED) is 0.657. The SMILES string of the molecule is CC1(C)Oc2ccc(C#N)cc2[C@@H](N2CCN(CC(O)CO)CC2=O)[C@@H]1O. The third-order valence-corrected chi connectivity index (χ3v) is 5.19. The molecule has 0 spiro atoms. The van der Waals surface area contributed by atoms with Crippen molar-refractivity contribution in [1.82, 2.24) is 9.80 Å². The van der Waals surface area contributed by atoms with E-state index in [9.17, 15) is 20.3 Å². The second-order valence-electron chi connectivity index (χ2n) is 7.62. The fourth-order valence-corrected chi connectivity index (χ4v) is 3.72. The molecule has 1 amide bonds. The summed E-state index contributed by atoms with van der Waals surface area (Å²) in [6.07, 6.45) is -1.85. The van der Waals surface area contributed by atoms with Crippen LogP contribution in [0.4, 0.5) is 0 Å². The van der Waals surface area contributed by atoms with Crippen LogP contribution in [0.2, 0.25) is 0 Å². The van der Waals surface area contributed by atoms with Gasteiger partial charge < -0.3 is 25.0 Å². The van der Waals surface area contributed by atoms with E-state index in [0.29, 0.717) is 30.0 Å². The first-order valence-electron chi connectivity index (χ1n) is 8.98. The number of aliphatic hydroxyl groups is 3. The normalized spacial score (nSPS) is 26.1. The van der Waals surface area contributed by atoms with E-state index in [1.54, 1.807) is 41.8 Å². The molecule has 0 aliphatic carbocycles. The maximum absolute atomic E-state index is 12.8. The molecule has 2 aliphatic rings. The molecule has 1 aromatic carbocycles. The molecule has 1 fully saturated rings. The summed E-state index contributed by atoms with van der Waals surface area (Å²) in [5, 5.41) is 38.8. The lowest BCUT2D eigenvalue weighted by Gasteiger charge is -2.48. The highest BCUT2D eigenvalue weighted by atomic mass is 16.5. The first-order chi connectivity index (χ1) is 12.8. The second kappa shape index (κ2) is 7.44. The molecule has 3 N–H and O–H groups in total. The predicted octanol–water partition coefficient (Wildman–Crippen LogP) is -0.371. The molecule has 8 nitrogen and oxygen atoms in total. The van der Waals surface area contributed by atoms with E-state index in [1.165, 1.54) is 0 Å². The number of carbonyl (C=O) groups excluding carboxylic acids is 1. The van der Waals surface area contributed by atoms with Crippen molar-refractivity contribution in [2.24, 2.45) is 0 Å². The fraction of sp³-hybridized carbons (Fsp3) is 0.579. The number of piperazine rings is 1. The molecule has 146 valence electrons. The number of ether oxygens (including phenoxy) is 1. The van der Waals surface area contributed by atoms with Gasteiger partial charge in [0.25, 0.3) is 0 Å². The topological polar surface area (TPSA) is 117 Å². The van der Waals surface area contributed by atoms with Gasteiger partial charge in [0.05, 0.1) is 36.9 Å². The molecule has 2 heterocycles. The number of nitrogens with zero attached hydrogens (tertiary/aromatic N) is 3. The van der Waals surface area contributed by atoms with Crippen LogP contribution in [0.5, 0.6) is 5.75 Å². The maximum Gasteiger partial charge on any atom is 0.237 e. The molecule has 1 saturated heterocycles. The Labute approximate surface area is 158 Å². The van der Waals surface area contributed by atoms with Crippen LogP contribution >= 0.6 is 0 Å². The van der Waals surface area contributed by atoms with Gasteiger partial charge in [-0.3, -0.25) is 9.69 Å². The predicted molar refractivity (Wildman–Crippen MR) is 95.9 cm³/mol. The average Bonchev–Trinajstić information content (AvgIpc) is 2.63. The molecule has 0 bridgehead atoms. The van der Waals surface area contributed by atoms with Gasteiger partial charge in [-0.1, -0.05) is 0 Å². The number of aliphatic hydroxyl groups excluding tert-OH is 3. The van der Waals surface area contributed by atoms with Gasteiger partial charge >= 0.3 is 0 Å². The Morgan fingerprint density at radius 3 is 2.78 bits per heavy atom. The van der Waals surface area contributed by atoms with Crippen molar-refractivity contribution in [2.75, 3.05) is 32.8 Å². The van der Waals surface area contributed by atoms with Crippen molar-refractivity contribution in [2.45, 2.75) is 37.7 Å². The second-order valence-corrected chi connectivity index (χ2v) is 7.62. The van der Waals surface area contributed by atoms with Gasteiger partial charge in [-0.15, -0.1) is 0 Å². The first kappa shape index (κ1) is 19.6. The first-order valence-corrected chi connectivity index (χ1v) is 8.98. The smallest absolute Gasteiger partial charge is 0.237 e. The van der Waals surface area contributed by atoms with Gasteiger partial charge in [0.2, 0.25) is 5.91 Å². The molecule has 3 rings (SSSR count). The minimum Gasteiger partial charge on any atom is -0.485 e. The van der Waals surface area contributed by atoms with E-state index in [2.05, 4.69) is 6.07 Å². The van der Waals surface area contributed by atoms with Crippen LogP contribution in [0.3, 0.4) is 0 Å². The lowest BCUT2D eigenvalue weighted by atomic mass is 9.84. The van der Waals surface area contributed by atoms with Crippen LogP contribution < -0.4 is 4.74 Å². The molecule has 0 aromatic heterocycles. The largest absolute Gasteiger partial charge is 0.485 e. The summed E-state index contributed by atoms with van der Waals surface area (Å²) in [5.74, 6) is 0.377. The number of hydrogen-bond acceptors (Lipinski definition) is 7. The monoisotopic (exact) mass is 375 g/mol. The molecule has 27 heavy (non-hydrogen) atoms.